The highest BCUT2D eigenvalue weighted by molar-refractivity contribution is 7.99. The minimum Gasteiger partial charge on any atom is -0.480 e. The third-order valence-corrected chi connectivity index (χ3v) is 3.73. The highest BCUT2D eigenvalue weighted by atomic mass is 32.2. The number of rotatable bonds is 4. The topological polar surface area (TPSA) is 90.0 Å². The fourth-order valence-electron chi connectivity index (χ4n) is 1.41. The van der Waals surface area contributed by atoms with Crippen molar-refractivity contribution in [2.45, 2.75) is 13.0 Å². The van der Waals surface area contributed by atoms with E-state index in [0.717, 1.165) is 0 Å². The molecule has 0 aromatic rings. The van der Waals surface area contributed by atoms with Crippen molar-refractivity contribution in [1.29, 1.82) is 0 Å². The maximum atomic E-state index is 11.7. The van der Waals surface area contributed by atoms with Crippen LogP contribution in [0.2, 0.25) is 0 Å². The molecule has 18 heavy (non-hydrogen) atoms. The van der Waals surface area contributed by atoms with Crippen molar-refractivity contribution in [1.82, 2.24) is 15.1 Å². The van der Waals surface area contributed by atoms with Crippen LogP contribution in [0.4, 0.5) is 4.79 Å². The summed E-state index contributed by atoms with van der Waals surface area (Å²) in [5.41, 5.74) is 0. The minimum absolute atomic E-state index is 0.114. The maximum Gasteiger partial charge on any atom is 0.327 e. The second-order valence-electron chi connectivity index (χ2n) is 3.89. The smallest absolute Gasteiger partial charge is 0.327 e. The Morgan fingerprint density at radius 3 is 2.72 bits per heavy atom. The lowest BCUT2D eigenvalue weighted by molar-refractivity contribution is -0.140. The van der Waals surface area contributed by atoms with Gasteiger partial charge in [-0.1, -0.05) is 0 Å². The normalized spacial score (nSPS) is 18.6. The molecule has 0 aromatic heterocycles. The molecule has 1 saturated heterocycles. The van der Waals surface area contributed by atoms with Gasteiger partial charge in [0.05, 0.1) is 12.4 Å². The van der Waals surface area contributed by atoms with Gasteiger partial charge >= 0.3 is 12.0 Å². The molecule has 1 aliphatic rings. The molecule has 0 bridgehead atoms. The highest BCUT2D eigenvalue weighted by Crippen LogP contribution is 2.20. The Bertz CT molecular complexity index is 350. The van der Waals surface area contributed by atoms with E-state index in [9.17, 15) is 14.4 Å². The lowest BCUT2D eigenvalue weighted by atomic mass is 10.3. The van der Waals surface area contributed by atoms with Gasteiger partial charge < -0.3 is 20.2 Å². The fourth-order valence-corrected chi connectivity index (χ4v) is 2.56. The Labute approximate surface area is 109 Å². The van der Waals surface area contributed by atoms with Crippen LogP contribution < -0.4 is 5.32 Å². The summed E-state index contributed by atoms with van der Waals surface area (Å²) in [5, 5.41) is 11.4. The van der Waals surface area contributed by atoms with Gasteiger partial charge in [-0.15, -0.1) is 11.8 Å². The molecule has 1 unspecified atom stereocenters. The van der Waals surface area contributed by atoms with Gasteiger partial charge in [0.1, 0.15) is 6.04 Å². The summed E-state index contributed by atoms with van der Waals surface area (Å²) in [7, 11) is 1.64. The Balaban J connectivity index is 2.46. The van der Waals surface area contributed by atoms with E-state index < -0.39 is 18.0 Å². The number of urea groups is 1. The number of carbonyl (C=O) groups excluding carboxylic acids is 2. The Hall–Kier alpha value is -1.44. The molecule has 0 saturated carbocycles. The van der Waals surface area contributed by atoms with Crippen LogP contribution in [0.15, 0.2) is 0 Å². The summed E-state index contributed by atoms with van der Waals surface area (Å²) >= 11 is 1.38. The minimum atomic E-state index is -1.02. The van der Waals surface area contributed by atoms with Crippen LogP contribution in [0.3, 0.4) is 0 Å². The quantitative estimate of drug-likeness (QED) is 0.731. The molecule has 0 aromatic carbocycles. The van der Waals surface area contributed by atoms with Crippen molar-refractivity contribution in [3.63, 3.8) is 0 Å². The third-order valence-electron chi connectivity index (χ3n) is 2.72. The number of nitrogens with one attached hydrogen (secondary N) is 1. The SMILES string of the molecule is CCN(C)C(=O)CNC(=O)N1CSCC1C(=O)O. The molecule has 1 heterocycles. The highest BCUT2D eigenvalue weighted by Gasteiger charge is 2.34. The second kappa shape index (κ2) is 6.48. The van der Waals surface area contributed by atoms with Crippen molar-refractivity contribution in [2.24, 2.45) is 0 Å². The van der Waals surface area contributed by atoms with Crippen LogP contribution in [-0.2, 0) is 9.59 Å². The first-order valence-corrected chi connectivity index (χ1v) is 6.71. The van der Waals surface area contributed by atoms with E-state index in [4.69, 9.17) is 5.11 Å². The molecule has 1 rings (SSSR count). The number of hydrogen-bond donors (Lipinski definition) is 2. The molecule has 1 fully saturated rings. The zero-order valence-electron chi connectivity index (χ0n) is 10.4. The first-order valence-electron chi connectivity index (χ1n) is 5.56. The van der Waals surface area contributed by atoms with Gasteiger partial charge in [0, 0.05) is 19.3 Å². The lowest BCUT2D eigenvalue weighted by Crippen LogP contribution is -2.49. The molecule has 1 aliphatic heterocycles. The molecule has 0 spiro atoms. The van der Waals surface area contributed by atoms with E-state index in [2.05, 4.69) is 5.32 Å². The van der Waals surface area contributed by atoms with E-state index >= 15 is 0 Å². The number of likely N-dealkylation sites (N-methyl/N-ethyl adjacent to an activating group) is 1. The number of amides is 3. The van der Waals surface area contributed by atoms with Gasteiger partial charge in [-0.05, 0) is 6.92 Å². The number of aliphatic carboxylic acids is 1. The van der Waals surface area contributed by atoms with Gasteiger partial charge in [0.25, 0.3) is 0 Å². The zero-order chi connectivity index (χ0) is 13.7. The van der Waals surface area contributed by atoms with Gasteiger partial charge in [-0.2, -0.15) is 0 Å². The fraction of sp³-hybridized carbons (Fsp3) is 0.700. The van der Waals surface area contributed by atoms with Crippen LogP contribution in [0.5, 0.6) is 0 Å². The van der Waals surface area contributed by atoms with Crippen LogP contribution >= 0.6 is 11.8 Å². The molecule has 3 amide bonds. The molecule has 0 aliphatic carbocycles. The first-order chi connectivity index (χ1) is 8.47. The summed E-state index contributed by atoms with van der Waals surface area (Å²) in [4.78, 5) is 36.8. The predicted molar refractivity (Wildman–Crippen MR) is 67.3 cm³/mol. The summed E-state index contributed by atoms with van der Waals surface area (Å²) in [6.45, 7) is 2.28. The summed E-state index contributed by atoms with van der Waals surface area (Å²) in [5.74, 6) is -0.511. The van der Waals surface area contributed by atoms with Gasteiger partial charge in [0.15, 0.2) is 0 Å². The van der Waals surface area contributed by atoms with Crippen molar-refractivity contribution in [3.05, 3.63) is 0 Å². The standard InChI is InChI=1S/C10H17N3O4S/c1-3-12(2)8(14)4-11-10(17)13-6-18-5-7(13)9(15)16/h7H,3-6H2,1-2H3,(H,11,17)(H,15,16). The van der Waals surface area contributed by atoms with Crippen LogP contribution in [0.1, 0.15) is 6.92 Å². The zero-order valence-corrected chi connectivity index (χ0v) is 11.2. The van der Waals surface area contributed by atoms with Crippen molar-refractivity contribution < 1.29 is 19.5 Å². The Morgan fingerprint density at radius 1 is 1.50 bits per heavy atom. The van der Waals surface area contributed by atoms with E-state index in [1.807, 2.05) is 6.92 Å². The molecule has 7 nitrogen and oxygen atoms in total. The molecule has 102 valence electrons. The maximum absolute atomic E-state index is 11.7. The molecule has 0 radical (unpaired) electrons. The number of carboxylic acids is 1. The Morgan fingerprint density at radius 2 is 2.17 bits per heavy atom. The first kappa shape index (κ1) is 14.6. The molecular weight excluding hydrogens is 258 g/mol. The van der Waals surface area contributed by atoms with Crippen LogP contribution in [0.25, 0.3) is 0 Å². The monoisotopic (exact) mass is 275 g/mol. The molecule has 1 atom stereocenters. The van der Waals surface area contributed by atoms with Crippen LogP contribution in [0, 0.1) is 0 Å². The predicted octanol–water partition coefficient (Wildman–Crippen LogP) is -0.366. The number of hydrogen-bond acceptors (Lipinski definition) is 4. The van der Waals surface area contributed by atoms with Crippen molar-refractivity contribution in [3.8, 4) is 0 Å². The van der Waals surface area contributed by atoms with Gasteiger partial charge in [0.2, 0.25) is 5.91 Å². The summed E-state index contributed by atoms with van der Waals surface area (Å²) in [6, 6.07) is -1.32. The van der Waals surface area contributed by atoms with E-state index in [0.29, 0.717) is 18.2 Å². The average molecular weight is 275 g/mol. The molecular formula is C10H17N3O4S. The average Bonchev–Trinajstić information content (AvgIpc) is 2.83. The van der Waals surface area contributed by atoms with E-state index in [1.165, 1.54) is 21.6 Å². The van der Waals surface area contributed by atoms with E-state index in [-0.39, 0.29) is 12.5 Å². The number of carbonyl (C=O) groups is 3. The van der Waals surface area contributed by atoms with E-state index in [1.54, 1.807) is 7.05 Å². The number of thioether (sulfide) groups is 1. The largest absolute Gasteiger partial charge is 0.480 e. The summed E-state index contributed by atoms with van der Waals surface area (Å²) < 4.78 is 0. The lowest BCUT2D eigenvalue weighted by Gasteiger charge is -2.21. The number of carboxylic acid groups (broad SMARTS) is 1. The number of nitrogens with zero attached hydrogens (tertiary/aromatic N) is 2. The molecule has 8 heteroatoms. The Kier molecular flexibility index (Phi) is 5.26. The second-order valence-corrected chi connectivity index (χ2v) is 4.89. The van der Waals surface area contributed by atoms with Gasteiger partial charge in [-0.3, -0.25) is 4.79 Å². The third kappa shape index (κ3) is 3.52. The van der Waals surface area contributed by atoms with Crippen LogP contribution in [-0.4, -0.2) is 70.6 Å². The molecule has 2 N–H and O–H groups in total. The van der Waals surface area contributed by atoms with Gasteiger partial charge in [-0.25, -0.2) is 9.59 Å². The summed E-state index contributed by atoms with van der Waals surface area (Å²) in [6.07, 6.45) is 0. The van der Waals surface area contributed by atoms with Crippen molar-refractivity contribution in [2.75, 3.05) is 31.8 Å². The van der Waals surface area contributed by atoms with Crippen molar-refractivity contribution >= 4 is 29.7 Å².